The molecule has 0 aliphatic carbocycles. The van der Waals surface area contributed by atoms with Gasteiger partial charge in [-0.15, -0.1) is 0 Å². The number of Topliss-reactive ketones (excluding diaryl/α,β-unsaturated/α-hetero) is 1. The lowest BCUT2D eigenvalue weighted by atomic mass is 10.1. The average molecular weight is 432 g/mol. The first-order valence-corrected chi connectivity index (χ1v) is 10.4. The predicted octanol–water partition coefficient (Wildman–Crippen LogP) is 3.65. The maximum absolute atomic E-state index is 11.9. The molecule has 4 rings (SSSR count). The molecule has 0 unspecified atom stereocenters. The highest BCUT2D eigenvalue weighted by molar-refractivity contribution is 5.94. The van der Waals surface area contributed by atoms with Crippen molar-refractivity contribution in [2.24, 2.45) is 0 Å². The Labute approximate surface area is 185 Å². The summed E-state index contributed by atoms with van der Waals surface area (Å²) in [7, 11) is 0. The van der Waals surface area contributed by atoms with Gasteiger partial charge in [-0.25, -0.2) is 9.97 Å². The molecule has 0 atom stereocenters. The first-order chi connectivity index (χ1) is 15.5. The molecule has 1 N–H and O–H groups in total. The Bertz CT molecular complexity index is 1100. The Balaban J connectivity index is 1.49. The van der Waals surface area contributed by atoms with Crippen molar-refractivity contribution in [2.75, 3.05) is 36.4 Å². The van der Waals surface area contributed by atoms with E-state index in [1.165, 1.54) is 18.8 Å². The maximum Gasteiger partial charge on any atom is 0.353 e. The van der Waals surface area contributed by atoms with Gasteiger partial charge >= 0.3 is 5.69 Å². The summed E-state index contributed by atoms with van der Waals surface area (Å²) < 4.78 is 0. The second-order valence-electron chi connectivity index (χ2n) is 7.66. The molecule has 9 heteroatoms. The molecule has 1 aliphatic rings. The van der Waals surface area contributed by atoms with Crippen LogP contribution in [0.1, 0.15) is 22.8 Å². The Hall–Kier alpha value is -3.85. The number of rotatable bonds is 7. The maximum atomic E-state index is 11.9. The molecule has 1 aromatic heterocycles. The van der Waals surface area contributed by atoms with E-state index >= 15 is 0 Å². The third-order valence-electron chi connectivity index (χ3n) is 5.46. The lowest BCUT2D eigenvalue weighted by molar-refractivity contribution is -0.383. The van der Waals surface area contributed by atoms with Crippen LogP contribution in [-0.4, -0.2) is 51.8 Å². The van der Waals surface area contributed by atoms with Gasteiger partial charge in [-0.1, -0.05) is 30.3 Å². The largest absolute Gasteiger partial charge is 0.353 e. The summed E-state index contributed by atoms with van der Waals surface area (Å²) in [6.07, 6.45) is 1.34. The summed E-state index contributed by atoms with van der Waals surface area (Å²) in [6, 6.07) is 17.0. The summed E-state index contributed by atoms with van der Waals surface area (Å²) in [5.74, 6) is 0.396. The van der Waals surface area contributed by atoms with E-state index in [4.69, 9.17) is 0 Å². The summed E-state index contributed by atoms with van der Waals surface area (Å²) in [6.45, 7) is 5.18. The van der Waals surface area contributed by atoms with E-state index < -0.39 is 4.92 Å². The van der Waals surface area contributed by atoms with Gasteiger partial charge in [0.25, 0.3) is 0 Å². The third kappa shape index (κ3) is 4.89. The minimum atomic E-state index is -0.446. The molecule has 0 saturated carbocycles. The van der Waals surface area contributed by atoms with E-state index in [9.17, 15) is 14.9 Å². The molecular weight excluding hydrogens is 408 g/mol. The van der Waals surface area contributed by atoms with Crippen LogP contribution >= 0.6 is 0 Å². The fraction of sp³-hybridized carbons (Fsp3) is 0.261. The lowest BCUT2D eigenvalue weighted by Gasteiger charge is -2.35. The summed E-state index contributed by atoms with van der Waals surface area (Å²) >= 11 is 0. The zero-order valence-electron chi connectivity index (χ0n) is 17.8. The van der Waals surface area contributed by atoms with E-state index in [0.717, 1.165) is 19.6 Å². The second-order valence-corrected chi connectivity index (χ2v) is 7.66. The number of nitrogens with one attached hydrogen (secondary N) is 1. The third-order valence-corrected chi connectivity index (χ3v) is 5.46. The van der Waals surface area contributed by atoms with Crippen molar-refractivity contribution < 1.29 is 9.72 Å². The fourth-order valence-corrected chi connectivity index (χ4v) is 3.74. The van der Waals surface area contributed by atoms with Crippen molar-refractivity contribution >= 4 is 28.8 Å². The van der Waals surface area contributed by atoms with Crippen LogP contribution in [0.5, 0.6) is 0 Å². The van der Waals surface area contributed by atoms with Crippen LogP contribution in [0.25, 0.3) is 0 Å². The molecule has 1 aliphatic heterocycles. The second kappa shape index (κ2) is 9.52. The van der Waals surface area contributed by atoms with E-state index in [1.54, 1.807) is 24.3 Å². The Kier molecular flexibility index (Phi) is 6.37. The number of anilines is 3. The van der Waals surface area contributed by atoms with Crippen molar-refractivity contribution in [3.8, 4) is 0 Å². The number of piperazine rings is 1. The van der Waals surface area contributed by atoms with Crippen molar-refractivity contribution in [3.05, 3.63) is 82.2 Å². The average Bonchev–Trinajstić information content (AvgIpc) is 2.80. The van der Waals surface area contributed by atoms with Crippen molar-refractivity contribution in [3.63, 3.8) is 0 Å². The quantitative estimate of drug-likeness (QED) is 0.343. The van der Waals surface area contributed by atoms with Crippen LogP contribution in [0, 0.1) is 10.1 Å². The predicted molar refractivity (Wildman–Crippen MR) is 122 cm³/mol. The molecule has 2 heterocycles. The zero-order chi connectivity index (χ0) is 22.5. The molecule has 0 amide bonds. The van der Waals surface area contributed by atoms with Crippen LogP contribution < -0.4 is 10.2 Å². The highest BCUT2D eigenvalue weighted by atomic mass is 16.6. The molecular formula is C23H24N6O3. The first-order valence-electron chi connectivity index (χ1n) is 10.4. The molecule has 2 aromatic carbocycles. The molecule has 164 valence electrons. The summed E-state index contributed by atoms with van der Waals surface area (Å²) in [5.41, 5.74) is 2.27. The van der Waals surface area contributed by atoms with Gasteiger partial charge in [0.05, 0.1) is 4.92 Å². The van der Waals surface area contributed by atoms with Gasteiger partial charge in [-0.2, -0.15) is 0 Å². The van der Waals surface area contributed by atoms with Crippen molar-refractivity contribution in [1.82, 2.24) is 14.9 Å². The van der Waals surface area contributed by atoms with Crippen LogP contribution in [-0.2, 0) is 6.54 Å². The number of aromatic nitrogens is 2. The van der Waals surface area contributed by atoms with Crippen LogP contribution in [0.4, 0.5) is 23.0 Å². The van der Waals surface area contributed by atoms with Crippen LogP contribution in [0.3, 0.4) is 0 Å². The SMILES string of the molecule is CC(=O)c1ccc(Nc2ncnc(N3CCN(Cc4ccccc4)CC3)c2[N+](=O)[O-])cc1. The van der Waals surface area contributed by atoms with E-state index in [2.05, 4.69) is 32.3 Å². The molecule has 0 spiro atoms. The molecule has 32 heavy (non-hydrogen) atoms. The number of hydrogen-bond acceptors (Lipinski definition) is 8. The minimum Gasteiger partial charge on any atom is -0.348 e. The van der Waals surface area contributed by atoms with Gasteiger partial charge in [-0.05, 0) is 36.8 Å². The van der Waals surface area contributed by atoms with Crippen molar-refractivity contribution in [1.29, 1.82) is 0 Å². The number of hydrogen-bond donors (Lipinski definition) is 1. The monoisotopic (exact) mass is 432 g/mol. The summed E-state index contributed by atoms with van der Waals surface area (Å²) in [5, 5.41) is 14.9. The topological polar surface area (TPSA) is 104 Å². The molecule has 1 saturated heterocycles. The molecule has 0 radical (unpaired) electrons. The van der Waals surface area contributed by atoms with Gasteiger partial charge in [0.1, 0.15) is 6.33 Å². The van der Waals surface area contributed by atoms with Gasteiger partial charge in [0.2, 0.25) is 11.6 Å². The number of nitro groups is 1. The minimum absolute atomic E-state index is 0.0433. The van der Waals surface area contributed by atoms with E-state index in [1.807, 2.05) is 23.1 Å². The lowest BCUT2D eigenvalue weighted by Crippen LogP contribution is -2.46. The first kappa shape index (κ1) is 21.4. The molecule has 9 nitrogen and oxygen atoms in total. The number of nitrogens with zero attached hydrogens (tertiary/aromatic N) is 5. The molecule has 0 bridgehead atoms. The Morgan fingerprint density at radius 2 is 1.72 bits per heavy atom. The highest BCUT2D eigenvalue weighted by Gasteiger charge is 2.29. The van der Waals surface area contributed by atoms with Crippen LogP contribution in [0.2, 0.25) is 0 Å². The smallest absolute Gasteiger partial charge is 0.348 e. The standard InChI is InChI=1S/C23H24N6O3/c1-17(30)19-7-9-20(10-8-19)26-22-21(29(31)32)23(25-16-24-22)28-13-11-27(12-14-28)15-18-5-3-2-4-6-18/h2-10,16H,11-15H2,1H3,(H,24,25,26). The van der Waals surface area contributed by atoms with E-state index in [0.29, 0.717) is 30.2 Å². The Morgan fingerprint density at radius 1 is 1.03 bits per heavy atom. The molecule has 1 fully saturated rings. The summed E-state index contributed by atoms with van der Waals surface area (Å²) in [4.78, 5) is 35.6. The normalized spacial score (nSPS) is 14.2. The van der Waals surface area contributed by atoms with Gasteiger partial charge in [0, 0.05) is 44.0 Å². The zero-order valence-corrected chi connectivity index (χ0v) is 17.8. The number of carbonyl (C=O) groups is 1. The van der Waals surface area contributed by atoms with Crippen molar-refractivity contribution in [2.45, 2.75) is 13.5 Å². The van der Waals surface area contributed by atoms with Gasteiger partial charge in [-0.3, -0.25) is 19.8 Å². The van der Waals surface area contributed by atoms with Crippen LogP contribution in [0.15, 0.2) is 60.9 Å². The van der Waals surface area contributed by atoms with Gasteiger partial charge < -0.3 is 10.2 Å². The Morgan fingerprint density at radius 3 is 2.34 bits per heavy atom. The number of benzene rings is 2. The molecule has 3 aromatic rings. The van der Waals surface area contributed by atoms with Gasteiger partial charge in [0.15, 0.2) is 5.78 Å². The van der Waals surface area contributed by atoms with E-state index in [-0.39, 0.29) is 17.3 Å². The number of carbonyl (C=O) groups excluding carboxylic acids is 1. The highest BCUT2D eigenvalue weighted by Crippen LogP contribution is 2.34. The fourth-order valence-electron chi connectivity index (χ4n) is 3.74. The number of ketones is 1.